The molecule has 1 saturated heterocycles. The molecule has 0 bridgehead atoms. The first kappa shape index (κ1) is 12.3. The molecule has 1 aliphatic heterocycles. The normalized spacial score (nSPS) is 22.9. The molecular formula is C11H23ClN2. The van der Waals surface area contributed by atoms with Crippen molar-refractivity contribution in [1.82, 2.24) is 9.80 Å². The minimum absolute atomic E-state index is 0.632. The van der Waals surface area contributed by atoms with Gasteiger partial charge in [0.1, 0.15) is 0 Å². The number of nitrogens with zero attached hydrogens (tertiary/aromatic N) is 2. The highest BCUT2D eigenvalue weighted by atomic mass is 35.5. The minimum atomic E-state index is 0.632. The second-order valence-corrected chi connectivity index (χ2v) is 5.06. The molecule has 3 heteroatoms. The quantitative estimate of drug-likeness (QED) is 0.665. The fraction of sp³-hybridized carbons (Fsp3) is 1.00. The first-order chi connectivity index (χ1) is 6.63. The van der Waals surface area contributed by atoms with Crippen molar-refractivity contribution in [2.24, 2.45) is 5.92 Å². The van der Waals surface area contributed by atoms with Crippen LogP contribution in [0.2, 0.25) is 0 Å². The van der Waals surface area contributed by atoms with Gasteiger partial charge in [0.05, 0.1) is 0 Å². The van der Waals surface area contributed by atoms with Crippen molar-refractivity contribution in [3.8, 4) is 0 Å². The van der Waals surface area contributed by atoms with E-state index in [2.05, 4.69) is 30.8 Å². The summed E-state index contributed by atoms with van der Waals surface area (Å²) in [5.74, 6) is 1.42. The molecule has 0 radical (unpaired) electrons. The summed E-state index contributed by atoms with van der Waals surface area (Å²) in [5.41, 5.74) is 0. The predicted octanol–water partition coefficient (Wildman–Crippen LogP) is 1.89. The van der Waals surface area contributed by atoms with E-state index in [0.717, 1.165) is 11.9 Å². The highest BCUT2D eigenvalue weighted by Crippen LogP contribution is 2.15. The van der Waals surface area contributed by atoms with Gasteiger partial charge in [-0.05, 0) is 45.9 Å². The third-order valence-electron chi connectivity index (χ3n) is 3.12. The van der Waals surface area contributed by atoms with Gasteiger partial charge in [-0.25, -0.2) is 0 Å². The summed E-state index contributed by atoms with van der Waals surface area (Å²) >= 11 is 5.82. The Morgan fingerprint density at radius 2 is 1.93 bits per heavy atom. The molecule has 0 aromatic rings. The lowest BCUT2D eigenvalue weighted by Crippen LogP contribution is -2.43. The van der Waals surface area contributed by atoms with Crippen molar-refractivity contribution < 1.29 is 0 Å². The van der Waals surface area contributed by atoms with E-state index < -0.39 is 0 Å². The average molecular weight is 219 g/mol. The number of piperidine rings is 1. The van der Waals surface area contributed by atoms with Crippen molar-refractivity contribution in [3.05, 3.63) is 0 Å². The number of alkyl halides is 1. The number of likely N-dealkylation sites (tertiary alicyclic amines) is 1. The Bertz CT molecular complexity index is 153. The molecule has 1 fully saturated rings. The Kier molecular flexibility index (Phi) is 5.21. The Balaban J connectivity index is 2.22. The van der Waals surface area contributed by atoms with E-state index in [4.69, 9.17) is 11.6 Å². The van der Waals surface area contributed by atoms with Gasteiger partial charge in [-0.3, -0.25) is 0 Å². The molecule has 0 N–H and O–H groups in total. The lowest BCUT2D eigenvalue weighted by atomic mass is 10.0. The largest absolute Gasteiger partial charge is 0.306 e. The lowest BCUT2D eigenvalue weighted by Gasteiger charge is -2.36. The molecule has 0 aliphatic carbocycles. The Labute approximate surface area is 93.2 Å². The van der Waals surface area contributed by atoms with Crippen LogP contribution in [0.5, 0.6) is 0 Å². The zero-order chi connectivity index (χ0) is 10.6. The van der Waals surface area contributed by atoms with E-state index in [1.54, 1.807) is 0 Å². The van der Waals surface area contributed by atoms with Crippen LogP contribution in [0.3, 0.4) is 0 Å². The fourth-order valence-electron chi connectivity index (χ4n) is 2.11. The topological polar surface area (TPSA) is 6.48 Å². The van der Waals surface area contributed by atoms with Crippen LogP contribution in [0.4, 0.5) is 0 Å². The zero-order valence-electron chi connectivity index (χ0n) is 9.67. The zero-order valence-corrected chi connectivity index (χ0v) is 10.4. The van der Waals surface area contributed by atoms with Gasteiger partial charge < -0.3 is 9.80 Å². The van der Waals surface area contributed by atoms with Gasteiger partial charge >= 0.3 is 0 Å². The van der Waals surface area contributed by atoms with Crippen LogP contribution in [-0.4, -0.2) is 55.5 Å². The van der Waals surface area contributed by atoms with E-state index >= 15 is 0 Å². The standard InChI is InChI=1S/C11H23ClN2/c1-10(8-12)9-14-6-4-11(5-7-14)13(2)3/h10-11H,4-9H2,1-3H3. The van der Waals surface area contributed by atoms with E-state index in [1.165, 1.54) is 32.5 Å². The second-order valence-electron chi connectivity index (χ2n) is 4.75. The number of hydrogen-bond donors (Lipinski definition) is 0. The first-order valence-electron chi connectivity index (χ1n) is 5.58. The average Bonchev–Trinajstić information content (AvgIpc) is 2.18. The molecule has 2 nitrogen and oxygen atoms in total. The van der Waals surface area contributed by atoms with E-state index in [0.29, 0.717) is 5.92 Å². The van der Waals surface area contributed by atoms with Crippen LogP contribution < -0.4 is 0 Å². The molecule has 0 aromatic heterocycles. The van der Waals surface area contributed by atoms with Crippen molar-refractivity contribution >= 4 is 11.6 Å². The highest BCUT2D eigenvalue weighted by molar-refractivity contribution is 6.18. The summed E-state index contributed by atoms with van der Waals surface area (Å²) < 4.78 is 0. The number of halogens is 1. The molecule has 0 spiro atoms. The molecule has 1 rings (SSSR count). The second kappa shape index (κ2) is 5.94. The van der Waals surface area contributed by atoms with E-state index in [-0.39, 0.29) is 0 Å². The summed E-state index contributed by atoms with van der Waals surface area (Å²) in [7, 11) is 4.36. The maximum Gasteiger partial charge on any atom is 0.0261 e. The molecule has 0 saturated carbocycles. The van der Waals surface area contributed by atoms with Crippen molar-refractivity contribution in [2.45, 2.75) is 25.8 Å². The van der Waals surface area contributed by atoms with Gasteiger partial charge in [0.15, 0.2) is 0 Å². The van der Waals surface area contributed by atoms with E-state index in [1.807, 2.05) is 0 Å². The minimum Gasteiger partial charge on any atom is -0.306 e. The lowest BCUT2D eigenvalue weighted by molar-refractivity contribution is 0.135. The molecule has 1 atom stereocenters. The summed E-state index contributed by atoms with van der Waals surface area (Å²) in [6.07, 6.45) is 2.62. The molecule has 1 aliphatic rings. The molecular weight excluding hydrogens is 196 g/mol. The van der Waals surface area contributed by atoms with Crippen LogP contribution in [0.15, 0.2) is 0 Å². The smallest absolute Gasteiger partial charge is 0.0261 e. The third kappa shape index (κ3) is 3.76. The van der Waals surface area contributed by atoms with Gasteiger partial charge in [-0.15, -0.1) is 11.6 Å². The predicted molar refractivity (Wildman–Crippen MR) is 63.0 cm³/mol. The SMILES string of the molecule is CC(CCl)CN1CCC(N(C)C)CC1. The molecule has 1 heterocycles. The summed E-state index contributed by atoms with van der Waals surface area (Å²) in [4.78, 5) is 4.90. The third-order valence-corrected chi connectivity index (χ3v) is 3.65. The Hall–Kier alpha value is 0.210. The van der Waals surface area contributed by atoms with Crippen molar-refractivity contribution in [2.75, 3.05) is 39.6 Å². The van der Waals surface area contributed by atoms with Gasteiger partial charge in [0.25, 0.3) is 0 Å². The van der Waals surface area contributed by atoms with E-state index in [9.17, 15) is 0 Å². The fourth-order valence-corrected chi connectivity index (χ4v) is 2.21. The summed E-state index contributed by atoms with van der Waals surface area (Å²) in [5, 5.41) is 0. The van der Waals surface area contributed by atoms with Gasteiger partial charge in [-0.1, -0.05) is 6.92 Å². The Morgan fingerprint density at radius 1 is 1.36 bits per heavy atom. The maximum absolute atomic E-state index is 5.82. The molecule has 1 unspecified atom stereocenters. The van der Waals surface area contributed by atoms with Gasteiger partial charge in [-0.2, -0.15) is 0 Å². The number of hydrogen-bond acceptors (Lipinski definition) is 2. The molecule has 84 valence electrons. The summed E-state index contributed by atoms with van der Waals surface area (Å²) in [6, 6.07) is 0.789. The number of rotatable bonds is 4. The Morgan fingerprint density at radius 3 is 2.36 bits per heavy atom. The van der Waals surface area contributed by atoms with Crippen molar-refractivity contribution in [1.29, 1.82) is 0 Å². The van der Waals surface area contributed by atoms with Crippen LogP contribution >= 0.6 is 11.6 Å². The highest BCUT2D eigenvalue weighted by Gasteiger charge is 2.21. The van der Waals surface area contributed by atoms with Crippen LogP contribution in [-0.2, 0) is 0 Å². The first-order valence-corrected chi connectivity index (χ1v) is 6.11. The van der Waals surface area contributed by atoms with Gasteiger partial charge in [0, 0.05) is 18.5 Å². The van der Waals surface area contributed by atoms with Crippen LogP contribution in [0.1, 0.15) is 19.8 Å². The molecule has 0 aromatic carbocycles. The van der Waals surface area contributed by atoms with Crippen LogP contribution in [0, 0.1) is 5.92 Å². The van der Waals surface area contributed by atoms with Crippen LogP contribution in [0.25, 0.3) is 0 Å². The maximum atomic E-state index is 5.82. The summed E-state index contributed by atoms with van der Waals surface area (Å²) in [6.45, 7) is 5.88. The monoisotopic (exact) mass is 218 g/mol. The van der Waals surface area contributed by atoms with Gasteiger partial charge in [0.2, 0.25) is 0 Å². The molecule has 0 amide bonds. The van der Waals surface area contributed by atoms with Crippen molar-refractivity contribution in [3.63, 3.8) is 0 Å². The molecule has 14 heavy (non-hydrogen) atoms.